The molecule has 0 fully saturated rings. The maximum atomic E-state index is 5.70. The topological polar surface area (TPSA) is 74.3 Å². The second-order valence-corrected chi connectivity index (χ2v) is 4.74. The van der Waals surface area contributed by atoms with E-state index in [4.69, 9.17) is 15.3 Å². The van der Waals surface area contributed by atoms with Crippen molar-refractivity contribution in [2.45, 2.75) is 25.9 Å². The Labute approximate surface area is 124 Å². The number of hydrogen-bond acceptors (Lipinski definition) is 5. The molecule has 1 aromatic heterocycles. The molecule has 6 heteroatoms. The van der Waals surface area contributed by atoms with Crippen molar-refractivity contribution in [1.29, 1.82) is 0 Å². The van der Waals surface area contributed by atoms with Crippen LogP contribution < -0.4 is 20.7 Å². The van der Waals surface area contributed by atoms with Gasteiger partial charge < -0.3 is 9.47 Å². The van der Waals surface area contributed by atoms with E-state index in [1.807, 2.05) is 35.3 Å². The quantitative estimate of drug-likeness (QED) is 0.599. The first kappa shape index (κ1) is 15.3. The molecular formula is C15H22N4O2. The largest absolute Gasteiger partial charge is 0.493 e. The molecule has 0 aliphatic carbocycles. The van der Waals surface area contributed by atoms with Crippen LogP contribution in [0.15, 0.2) is 30.6 Å². The number of hydrogen-bond donors (Lipinski definition) is 2. The Morgan fingerprint density at radius 2 is 2.05 bits per heavy atom. The molecule has 21 heavy (non-hydrogen) atoms. The van der Waals surface area contributed by atoms with Crippen LogP contribution in [0.4, 0.5) is 0 Å². The number of rotatable bonds is 7. The predicted octanol–water partition coefficient (Wildman–Crippen LogP) is 1.67. The molecule has 0 amide bonds. The zero-order chi connectivity index (χ0) is 15.2. The summed E-state index contributed by atoms with van der Waals surface area (Å²) >= 11 is 0. The van der Waals surface area contributed by atoms with Crippen LogP contribution in [0, 0.1) is 0 Å². The van der Waals surface area contributed by atoms with Gasteiger partial charge in [-0.3, -0.25) is 16.0 Å². The van der Waals surface area contributed by atoms with Crippen LogP contribution in [-0.4, -0.2) is 24.0 Å². The molecule has 1 atom stereocenters. The summed E-state index contributed by atoms with van der Waals surface area (Å²) in [6.45, 7) is 2.92. The van der Waals surface area contributed by atoms with Gasteiger partial charge in [0.2, 0.25) is 0 Å². The monoisotopic (exact) mass is 290 g/mol. The number of aromatic nitrogens is 2. The number of ether oxygens (including phenoxy) is 2. The summed E-state index contributed by atoms with van der Waals surface area (Å²) in [7, 11) is 3.24. The van der Waals surface area contributed by atoms with Crippen molar-refractivity contribution >= 4 is 0 Å². The predicted molar refractivity (Wildman–Crippen MR) is 81.2 cm³/mol. The Balaban J connectivity index is 2.20. The van der Waals surface area contributed by atoms with Crippen LogP contribution in [0.3, 0.4) is 0 Å². The molecule has 2 rings (SSSR count). The van der Waals surface area contributed by atoms with Crippen LogP contribution in [-0.2, 0) is 13.0 Å². The third-order valence-corrected chi connectivity index (χ3v) is 3.46. The van der Waals surface area contributed by atoms with E-state index in [1.165, 1.54) is 0 Å². The van der Waals surface area contributed by atoms with Crippen molar-refractivity contribution in [3.05, 3.63) is 41.7 Å². The number of nitrogens with two attached hydrogens (primary N) is 1. The SMILES string of the molecule is CCn1cc(CC(NN)c2ccc(OC)c(OC)c2)cn1. The smallest absolute Gasteiger partial charge is 0.161 e. The first-order valence-corrected chi connectivity index (χ1v) is 6.91. The number of hydrazine groups is 1. The van der Waals surface area contributed by atoms with Gasteiger partial charge in [0.15, 0.2) is 11.5 Å². The maximum absolute atomic E-state index is 5.70. The van der Waals surface area contributed by atoms with E-state index in [9.17, 15) is 0 Å². The second kappa shape index (κ2) is 7.10. The minimum absolute atomic E-state index is 0.0145. The minimum Gasteiger partial charge on any atom is -0.493 e. The van der Waals surface area contributed by atoms with E-state index in [0.717, 1.165) is 24.1 Å². The summed E-state index contributed by atoms with van der Waals surface area (Å²) in [5.74, 6) is 7.10. The second-order valence-electron chi connectivity index (χ2n) is 4.74. The van der Waals surface area contributed by atoms with Crippen LogP contribution in [0.2, 0.25) is 0 Å². The minimum atomic E-state index is -0.0145. The molecule has 1 heterocycles. The van der Waals surface area contributed by atoms with E-state index >= 15 is 0 Å². The van der Waals surface area contributed by atoms with Crippen molar-refractivity contribution < 1.29 is 9.47 Å². The van der Waals surface area contributed by atoms with Crippen molar-refractivity contribution in [3.63, 3.8) is 0 Å². The van der Waals surface area contributed by atoms with Crippen molar-refractivity contribution in [2.24, 2.45) is 5.84 Å². The van der Waals surface area contributed by atoms with Crippen LogP contribution in [0.5, 0.6) is 11.5 Å². The Bertz CT molecular complexity index is 583. The van der Waals surface area contributed by atoms with Crippen LogP contribution >= 0.6 is 0 Å². The summed E-state index contributed by atoms with van der Waals surface area (Å²) in [5, 5.41) is 4.28. The highest BCUT2D eigenvalue weighted by molar-refractivity contribution is 5.44. The molecule has 2 aromatic rings. The van der Waals surface area contributed by atoms with Crippen molar-refractivity contribution in [2.75, 3.05) is 14.2 Å². The number of aryl methyl sites for hydroxylation is 1. The average molecular weight is 290 g/mol. The number of nitrogens with zero attached hydrogens (tertiary/aromatic N) is 2. The average Bonchev–Trinajstić information content (AvgIpc) is 2.99. The lowest BCUT2D eigenvalue weighted by molar-refractivity contribution is 0.353. The van der Waals surface area contributed by atoms with Gasteiger partial charge >= 0.3 is 0 Å². The van der Waals surface area contributed by atoms with Gasteiger partial charge in [0.05, 0.1) is 26.5 Å². The molecule has 0 spiro atoms. The van der Waals surface area contributed by atoms with Gasteiger partial charge in [-0.05, 0) is 36.6 Å². The summed E-state index contributed by atoms with van der Waals surface area (Å²) < 4.78 is 12.5. The number of benzene rings is 1. The molecule has 0 aliphatic heterocycles. The number of methoxy groups -OCH3 is 2. The highest BCUT2D eigenvalue weighted by Gasteiger charge is 2.14. The van der Waals surface area contributed by atoms with Gasteiger partial charge in [-0.2, -0.15) is 5.10 Å². The summed E-state index contributed by atoms with van der Waals surface area (Å²) in [6, 6.07) is 5.79. The fourth-order valence-corrected chi connectivity index (χ4v) is 2.26. The Morgan fingerprint density at radius 3 is 2.62 bits per heavy atom. The van der Waals surface area contributed by atoms with E-state index in [2.05, 4.69) is 17.4 Å². The third kappa shape index (κ3) is 3.53. The molecule has 0 radical (unpaired) electrons. The van der Waals surface area contributed by atoms with Crippen molar-refractivity contribution in [1.82, 2.24) is 15.2 Å². The highest BCUT2D eigenvalue weighted by Crippen LogP contribution is 2.30. The molecule has 0 aliphatic rings. The van der Waals surface area contributed by atoms with Crippen molar-refractivity contribution in [3.8, 4) is 11.5 Å². The summed E-state index contributed by atoms with van der Waals surface area (Å²) in [6.07, 6.45) is 4.66. The molecular weight excluding hydrogens is 268 g/mol. The standard InChI is InChI=1S/C15H22N4O2/c1-4-19-10-11(9-17-19)7-13(18-16)12-5-6-14(20-2)15(8-12)21-3/h5-6,8-10,13,18H,4,7,16H2,1-3H3. The van der Waals surface area contributed by atoms with E-state index < -0.39 is 0 Å². The fraction of sp³-hybridized carbons (Fsp3) is 0.400. The molecule has 3 N–H and O–H groups in total. The Morgan fingerprint density at radius 1 is 1.29 bits per heavy atom. The molecule has 6 nitrogen and oxygen atoms in total. The van der Waals surface area contributed by atoms with Crippen LogP contribution in [0.25, 0.3) is 0 Å². The third-order valence-electron chi connectivity index (χ3n) is 3.46. The summed E-state index contributed by atoms with van der Waals surface area (Å²) in [4.78, 5) is 0. The Hall–Kier alpha value is -2.05. The lowest BCUT2D eigenvalue weighted by atomic mass is 10.0. The first-order chi connectivity index (χ1) is 10.2. The normalized spacial score (nSPS) is 12.2. The number of nitrogens with one attached hydrogen (secondary N) is 1. The molecule has 0 bridgehead atoms. The van der Waals surface area contributed by atoms with E-state index in [1.54, 1.807) is 14.2 Å². The first-order valence-electron chi connectivity index (χ1n) is 6.91. The van der Waals surface area contributed by atoms with Gasteiger partial charge in [0.1, 0.15) is 0 Å². The highest BCUT2D eigenvalue weighted by atomic mass is 16.5. The lowest BCUT2D eigenvalue weighted by Gasteiger charge is -2.17. The zero-order valence-corrected chi connectivity index (χ0v) is 12.7. The lowest BCUT2D eigenvalue weighted by Crippen LogP contribution is -2.29. The van der Waals surface area contributed by atoms with E-state index in [-0.39, 0.29) is 6.04 Å². The van der Waals surface area contributed by atoms with Gasteiger partial charge in [0.25, 0.3) is 0 Å². The van der Waals surface area contributed by atoms with Gasteiger partial charge in [-0.15, -0.1) is 0 Å². The maximum Gasteiger partial charge on any atom is 0.161 e. The molecule has 1 unspecified atom stereocenters. The van der Waals surface area contributed by atoms with Gasteiger partial charge in [-0.1, -0.05) is 6.07 Å². The van der Waals surface area contributed by atoms with Crippen LogP contribution in [0.1, 0.15) is 24.1 Å². The van der Waals surface area contributed by atoms with Gasteiger partial charge in [0, 0.05) is 12.7 Å². The zero-order valence-electron chi connectivity index (χ0n) is 12.7. The van der Waals surface area contributed by atoms with E-state index in [0.29, 0.717) is 11.5 Å². The molecule has 0 saturated carbocycles. The van der Waals surface area contributed by atoms with Gasteiger partial charge in [-0.25, -0.2) is 0 Å². The fourth-order valence-electron chi connectivity index (χ4n) is 2.26. The molecule has 1 aromatic carbocycles. The Kier molecular flexibility index (Phi) is 5.19. The molecule has 114 valence electrons. The summed E-state index contributed by atoms with van der Waals surface area (Å²) in [5.41, 5.74) is 5.02. The molecule has 0 saturated heterocycles.